The predicted octanol–water partition coefficient (Wildman–Crippen LogP) is 4.94. The third-order valence-corrected chi connectivity index (χ3v) is 6.94. The van der Waals surface area contributed by atoms with Crippen LogP contribution in [0, 0.1) is 5.92 Å². The lowest BCUT2D eigenvalue weighted by molar-refractivity contribution is -0.182. The molecule has 4 amide bonds. The minimum atomic E-state index is -4.41. The molecule has 1 unspecified atom stereocenters. The van der Waals surface area contributed by atoms with E-state index < -0.39 is 24.0 Å². The Balaban J connectivity index is 1.54. The molecule has 6 nitrogen and oxygen atoms in total. The lowest BCUT2D eigenvalue weighted by Crippen LogP contribution is -2.43. The van der Waals surface area contributed by atoms with E-state index >= 15 is 0 Å². The number of urea groups is 1. The van der Waals surface area contributed by atoms with E-state index in [-0.39, 0.29) is 35.6 Å². The minimum Gasteiger partial charge on any atom is -0.331 e. The second kappa shape index (κ2) is 8.61. The smallest absolute Gasteiger partial charge is 0.331 e. The molecule has 0 saturated carbocycles. The molecule has 34 heavy (non-hydrogen) atoms. The first-order chi connectivity index (χ1) is 15.9. The fourth-order valence-electron chi connectivity index (χ4n) is 4.27. The van der Waals surface area contributed by atoms with Crippen LogP contribution in [0.2, 0.25) is 5.02 Å². The SMILES string of the molecule is CC([C@H](C)N1Cc2cc(-c3ccc(CN4CC(=O)N(C)C4=O)cc3)cc(Cl)c2C1=O)C(F)(F)F. The van der Waals surface area contributed by atoms with E-state index in [1.165, 1.54) is 23.8 Å². The molecule has 1 fully saturated rings. The molecular formula is C24H23ClF3N3O3. The molecule has 0 bridgehead atoms. The van der Waals surface area contributed by atoms with Crippen molar-refractivity contribution in [3.05, 3.63) is 58.1 Å². The van der Waals surface area contributed by atoms with Crippen LogP contribution in [0.25, 0.3) is 11.1 Å². The second-order valence-electron chi connectivity index (χ2n) is 8.78. The molecule has 2 heterocycles. The average molecular weight is 494 g/mol. The molecule has 2 aliphatic heterocycles. The molecule has 4 rings (SSSR count). The number of nitrogens with zero attached hydrogens (tertiary/aromatic N) is 3. The summed E-state index contributed by atoms with van der Waals surface area (Å²) >= 11 is 6.40. The van der Waals surface area contributed by atoms with Crippen molar-refractivity contribution in [1.82, 2.24) is 14.7 Å². The molecule has 0 aromatic heterocycles. The van der Waals surface area contributed by atoms with E-state index in [4.69, 9.17) is 11.6 Å². The number of amides is 4. The maximum atomic E-state index is 13.2. The van der Waals surface area contributed by atoms with E-state index in [1.54, 1.807) is 12.1 Å². The van der Waals surface area contributed by atoms with Gasteiger partial charge in [0.2, 0.25) is 5.91 Å². The minimum absolute atomic E-state index is 0.0351. The Labute approximate surface area is 199 Å². The first-order valence-electron chi connectivity index (χ1n) is 10.7. The highest BCUT2D eigenvalue weighted by Gasteiger charge is 2.45. The van der Waals surface area contributed by atoms with Gasteiger partial charge in [-0.05, 0) is 41.3 Å². The quantitative estimate of drug-likeness (QED) is 0.554. The summed E-state index contributed by atoms with van der Waals surface area (Å²) in [5.74, 6) is -2.42. The Morgan fingerprint density at radius 3 is 2.21 bits per heavy atom. The average Bonchev–Trinajstić information content (AvgIpc) is 3.24. The fraction of sp³-hybridized carbons (Fsp3) is 0.375. The monoisotopic (exact) mass is 493 g/mol. The van der Waals surface area contributed by atoms with Crippen molar-refractivity contribution >= 4 is 29.4 Å². The zero-order chi connectivity index (χ0) is 24.9. The highest BCUT2D eigenvalue weighted by atomic mass is 35.5. The van der Waals surface area contributed by atoms with E-state index in [0.29, 0.717) is 12.1 Å². The van der Waals surface area contributed by atoms with Crippen molar-refractivity contribution in [3.8, 4) is 11.1 Å². The van der Waals surface area contributed by atoms with Crippen LogP contribution in [0.15, 0.2) is 36.4 Å². The molecule has 1 saturated heterocycles. The van der Waals surface area contributed by atoms with Gasteiger partial charge in [0, 0.05) is 26.2 Å². The molecule has 0 aliphatic carbocycles. The van der Waals surface area contributed by atoms with Gasteiger partial charge in [0.25, 0.3) is 5.91 Å². The van der Waals surface area contributed by atoms with Crippen molar-refractivity contribution in [2.45, 2.75) is 39.2 Å². The van der Waals surface area contributed by atoms with Crippen molar-refractivity contribution in [1.29, 1.82) is 0 Å². The number of carbonyl (C=O) groups is 3. The Morgan fingerprint density at radius 1 is 1.00 bits per heavy atom. The molecule has 2 aromatic carbocycles. The molecule has 0 N–H and O–H groups in total. The number of hydrogen-bond acceptors (Lipinski definition) is 3. The van der Waals surface area contributed by atoms with Crippen molar-refractivity contribution in [3.63, 3.8) is 0 Å². The lowest BCUT2D eigenvalue weighted by Gasteiger charge is -2.30. The van der Waals surface area contributed by atoms with Crippen molar-refractivity contribution in [2.75, 3.05) is 13.6 Å². The number of imide groups is 1. The molecule has 0 spiro atoms. The molecule has 2 aliphatic rings. The number of likely N-dealkylation sites (N-methyl/N-ethyl adjacent to an activating group) is 1. The second-order valence-corrected chi connectivity index (χ2v) is 9.19. The Morgan fingerprint density at radius 2 is 1.65 bits per heavy atom. The molecule has 180 valence electrons. The van der Waals surface area contributed by atoms with Crippen LogP contribution in [0.3, 0.4) is 0 Å². The van der Waals surface area contributed by atoms with Crippen molar-refractivity contribution < 1.29 is 27.6 Å². The molecule has 10 heteroatoms. The van der Waals surface area contributed by atoms with Gasteiger partial charge in [-0.1, -0.05) is 42.8 Å². The summed E-state index contributed by atoms with van der Waals surface area (Å²) in [6.45, 7) is 2.84. The third kappa shape index (κ3) is 4.24. The van der Waals surface area contributed by atoms with Gasteiger partial charge < -0.3 is 9.80 Å². The van der Waals surface area contributed by atoms with Crippen LogP contribution in [0.5, 0.6) is 0 Å². The summed E-state index contributed by atoms with van der Waals surface area (Å²) in [5.41, 5.74) is 3.20. The summed E-state index contributed by atoms with van der Waals surface area (Å²) in [7, 11) is 1.45. The van der Waals surface area contributed by atoms with E-state index in [1.807, 2.05) is 24.3 Å². The largest absolute Gasteiger partial charge is 0.393 e. The van der Waals surface area contributed by atoms with Gasteiger partial charge in [-0.25, -0.2) is 4.79 Å². The zero-order valence-electron chi connectivity index (χ0n) is 18.8. The molecule has 0 radical (unpaired) electrons. The number of fused-ring (bicyclic) bond motifs is 1. The number of carbonyl (C=O) groups excluding carboxylic acids is 3. The molecular weight excluding hydrogens is 471 g/mol. The first kappa shape index (κ1) is 24.1. The predicted molar refractivity (Wildman–Crippen MR) is 120 cm³/mol. The van der Waals surface area contributed by atoms with Gasteiger partial charge in [0.1, 0.15) is 6.54 Å². The Bertz CT molecular complexity index is 1170. The van der Waals surface area contributed by atoms with E-state index in [2.05, 4.69) is 0 Å². The summed E-state index contributed by atoms with van der Waals surface area (Å²) in [4.78, 5) is 40.4. The number of rotatable bonds is 5. The van der Waals surface area contributed by atoms with E-state index in [9.17, 15) is 27.6 Å². The van der Waals surface area contributed by atoms with Crippen LogP contribution in [0.4, 0.5) is 18.0 Å². The van der Waals surface area contributed by atoms with Gasteiger partial charge >= 0.3 is 12.2 Å². The van der Waals surface area contributed by atoms with Crippen molar-refractivity contribution in [2.24, 2.45) is 5.92 Å². The highest BCUT2D eigenvalue weighted by molar-refractivity contribution is 6.34. The standard InChI is InChI=1S/C24H23ClF3N3O3/c1-13(24(26,27)28)14(2)31-11-18-8-17(9-19(25)21(18)22(31)33)16-6-4-15(5-7-16)10-30-12-20(32)29(3)23(30)34/h4-9,13-14H,10-12H2,1-3H3/t13?,14-/m0/s1. The van der Waals surface area contributed by atoms with Gasteiger partial charge in [-0.3, -0.25) is 14.5 Å². The number of halogens is 4. The zero-order valence-corrected chi connectivity index (χ0v) is 19.6. The van der Waals surface area contributed by atoms with Gasteiger partial charge in [0.15, 0.2) is 0 Å². The van der Waals surface area contributed by atoms with Gasteiger partial charge in [0.05, 0.1) is 16.5 Å². The van der Waals surface area contributed by atoms with E-state index in [0.717, 1.165) is 28.5 Å². The normalized spacial score (nSPS) is 18.1. The number of benzene rings is 2. The Kier molecular flexibility index (Phi) is 6.10. The van der Waals surface area contributed by atoms with Gasteiger partial charge in [-0.2, -0.15) is 13.2 Å². The van der Waals surface area contributed by atoms with Crippen LogP contribution in [-0.4, -0.2) is 58.4 Å². The first-order valence-corrected chi connectivity index (χ1v) is 11.1. The summed E-state index contributed by atoms with van der Waals surface area (Å²) in [6, 6.07) is 9.36. The lowest BCUT2D eigenvalue weighted by atomic mass is 9.99. The third-order valence-electron chi connectivity index (χ3n) is 6.64. The maximum Gasteiger partial charge on any atom is 0.393 e. The number of alkyl halides is 3. The maximum absolute atomic E-state index is 13.2. The summed E-state index contributed by atoms with van der Waals surface area (Å²) < 4.78 is 39.6. The number of hydrogen-bond donors (Lipinski definition) is 0. The van der Waals surface area contributed by atoms with Crippen LogP contribution >= 0.6 is 11.6 Å². The van der Waals surface area contributed by atoms with Crippen LogP contribution < -0.4 is 0 Å². The Hall–Kier alpha value is -3.07. The highest BCUT2D eigenvalue weighted by Crippen LogP contribution is 2.38. The molecule has 2 aromatic rings. The topological polar surface area (TPSA) is 60.9 Å². The van der Waals surface area contributed by atoms with Crippen LogP contribution in [-0.2, 0) is 17.9 Å². The summed E-state index contributed by atoms with van der Waals surface area (Å²) in [6.07, 6.45) is -4.41. The van der Waals surface area contributed by atoms with Gasteiger partial charge in [-0.15, -0.1) is 0 Å². The fourth-order valence-corrected chi connectivity index (χ4v) is 4.59. The summed E-state index contributed by atoms with van der Waals surface area (Å²) in [5, 5.41) is 0.195. The molecule has 2 atom stereocenters. The van der Waals surface area contributed by atoms with Crippen LogP contribution in [0.1, 0.15) is 35.3 Å².